The molecular weight excluding hydrogens is 256 g/mol. The summed E-state index contributed by atoms with van der Waals surface area (Å²) in [7, 11) is 0. The van der Waals surface area contributed by atoms with Gasteiger partial charge in [-0.05, 0) is 42.7 Å². The van der Waals surface area contributed by atoms with Crippen molar-refractivity contribution in [2.45, 2.75) is 44.6 Å². The van der Waals surface area contributed by atoms with Crippen LogP contribution in [0.15, 0.2) is 24.3 Å². The molecule has 1 N–H and O–H groups in total. The number of hydrogen-bond donors (Lipinski definition) is 1. The number of rotatable bonds is 1. The van der Waals surface area contributed by atoms with E-state index in [0.717, 1.165) is 23.8 Å². The molecule has 2 aromatic rings. The third kappa shape index (κ3) is 1.63. The average molecular weight is 280 g/mol. The van der Waals surface area contributed by atoms with E-state index in [2.05, 4.69) is 41.1 Å². The summed E-state index contributed by atoms with van der Waals surface area (Å²) < 4.78 is 0. The van der Waals surface area contributed by atoms with Gasteiger partial charge in [0.05, 0.1) is 0 Å². The zero-order chi connectivity index (χ0) is 14.0. The maximum Gasteiger partial charge on any atom is 0.0459 e. The van der Waals surface area contributed by atoms with Crippen molar-refractivity contribution >= 4 is 10.9 Å². The maximum absolute atomic E-state index is 3.81. The third-order valence-corrected chi connectivity index (χ3v) is 6.42. The van der Waals surface area contributed by atoms with Gasteiger partial charge in [0.15, 0.2) is 0 Å². The first-order valence-corrected chi connectivity index (χ1v) is 8.68. The first-order chi connectivity index (χ1) is 10.3. The molecule has 4 bridgehead atoms. The topological polar surface area (TPSA) is 19.0 Å². The molecule has 2 nitrogen and oxygen atoms in total. The fourth-order valence-electron chi connectivity index (χ4n) is 5.65. The van der Waals surface area contributed by atoms with Crippen LogP contribution in [0.4, 0.5) is 0 Å². The highest BCUT2D eigenvalue weighted by molar-refractivity contribution is 5.85. The third-order valence-electron chi connectivity index (χ3n) is 6.42. The Bertz CT molecular complexity index is 686. The van der Waals surface area contributed by atoms with E-state index in [0.29, 0.717) is 0 Å². The Labute approximate surface area is 126 Å². The van der Waals surface area contributed by atoms with Gasteiger partial charge in [0.25, 0.3) is 0 Å². The minimum Gasteiger partial charge on any atom is -0.358 e. The molecule has 4 unspecified atom stereocenters. The van der Waals surface area contributed by atoms with Crippen molar-refractivity contribution in [2.24, 2.45) is 11.8 Å². The first kappa shape index (κ1) is 12.3. The fourth-order valence-corrected chi connectivity index (χ4v) is 5.65. The van der Waals surface area contributed by atoms with Crippen molar-refractivity contribution < 1.29 is 0 Å². The Morgan fingerprint density at radius 3 is 3.05 bits per heavy atom. The van der Waals surface area contributed by atoms with Crippen LogP contribution in [0.3, 0.4) is 0 Å². The highest BCUT2D eigenvalue weighted by atomic mass is 15.2. The van der Waals surface area contributed by atoms with Crippen LogP contribution in [0.5, 0.6) is 0 Å². The van der Waals surface area contributed by atoms with Gasteiger partial charge >= 0.3 is 0 Å². The zero-order valence-corrected chi connectivity index (χ0v) is 12.8. The SMILES string of the molecule is CC[C@@H]1CC2CC3c4[nH]c5ccccc5c4CCN(C2)C31. The number of fused-ring (bicyclic) bond motifs is 4. The van der Waals surface area contributed by atoms with Crippen LogP contribution in [0.1, 0.15) is 43.4 Å². The van der Waals surface area contributed by atoms with E-state index in [1.807, 2.05) is 0 Å². The fraction of sp³-hybridized carbons (Fsp3) is 0.579. The van der Waals surface area contributed by atoms with Gasteiger partial charge in [-0.25, -0.2) is 0 Å². The van der Waals surface area contributed by atoms with Crippen LogP contribution in [0.2, 0.25) is 0 Å². The molecule has 1 aromatic carbocycles. The van der Waals surface area contributed by atoms with E-state index in [9.17, 15) is 0 Å². The lowest BCUT2D eigenvalue weighted by atomic mass is 9.65. The molecule has 2 saturated heterocycles. The van der Waals surface area contributed by atoms with Crippen molar-refractivity contribution in [3.8, 4) is 0 Å². The molecule has 21 heavy (non-hydrogen) atoms. The second-order valence-corrected chi connectivity index (χ2v) is 7.41. The largest absolute Gasteiger partial charge is 0.358 e. The van der Waals surface area contributed by atoms with E-state index < -0.39 is 0 Å². The number of nitrogens with zero attached hydrogens (tertiary/aromatic N) is 1. The quantitative estimate of drug-likeness (QED) is 0.838. The number of aromatic nitrogens is 1. The van der Waals surface area contributed by atoms with E-state index in [1.165, 1.54) is 49.7 Å². The summed E-state index contributed by atoms with van der Waals surface area (Å²) in [4.78, 5) is 6.65. The summed E-state index contributed by atoms with van der Waals surface area (Å²) in [6.45, 7) is 5.02. The molecule has 0 radical (unpaired) electrons. The van der Waals surface area contributed by atoms with Gasteiger partial charge in [-0.15, -0.1) is 0 Å². The minimum absolute atomic E-state index is 0.757. The first-order valence-electron chi connectivity index (χ1n) is 8.68. The smallest absolute Gasteiger partial charge is 0.0459 e. The molecule has 3 fully saturated rings. The maximum atomic E-state index is 3.81. The van der Waals surface area contributed by atoms with Crippen LogP contribution in [0.25, 0.3) is 10.9 Å². The second-order valence-electron chi connectivity index (χ2n) is 7.41. The molecule has 1 aliphatic carbocycles. The van der Waals surface area contributed by atoms with E-state index in [4.69, 9.17) is 0 Å². The number of aromatic amines is 1. The number of para-hydroxylation sites is 1. The lowest BCUT2D eigenvalue weighted by molar-refractivity contribution is -0.0134. The normalized spacial score (nSPS) is 37.5. The molecule has 4 aliphatic rings. The van der Waals surface area contributed by atoms with Crippen molar-refractivity contribution in [2.75, 3.05) is 13.1 Å². The molecule has 1 aromatic heterocycles. The lowest BCUT2D eigenvalue weighted by Crippen LogP contribution is -2.56. The van der Waals surface area contributed by atoms with Crippen molar-refractivity contribution in [3.63, 3.8) is 0 Å². The molecular formula is C19H24N2. The number of H-pyrrole nitrogens is 1. The van der Waals surface area contributed by atoms with Gasteiger partial charge in [0.2, 0.25) is 0 Å². The van der Waals surface area contributed by atoms with Crippen LogP contribution < -0.4 is 0 Å². The highest BCUT2D eigenvalue weighted by Gasteiger charge is 2.48. The van der Waals surface area contributed by atoms with Crippen LogP contribution in [-0.4, -0.2) is 29.0 Å². The Morgan fingerprint density at radius 1 is 1.24 bits per heavy atom. The zero-order valence-electron chi connectivity index (χ0n) is 12.8. The number of piperidine rings is 2. The summed E-state index contributed by atoms with van der Waals surface area (Å²) >= 11 is 0. The molecule has 3 aliphatic heterocycles. The molecule has 0 spiro atoms. The van der Waals surface area contributed by atoms with Crippen molar-refractivity contribution in [1.29, 1.82) is 0 Å². The Hall–Kier alpha value is -1.28. The van der Waals surface area contributed by atoms with Crippen molar-refractivity contribution in [1.82, 2.24) is 9.88 Å². The molecule has 110 valence electrons. The molecule has 2 heteroatoms. The van der Waals surface area contributed by atoms with Gasteiger partial charge in [-0.1, -0.05) is 31.5 Å². The van der Waals surface area contributed by atoms with Gasteiger partial charge in [-0.3, -0.25) is 4.90 Å². The van der Waals surface area contributed by atoms with Crippen LogP contribution in [0, 0.1) is 11.8 Å². The molecule has 5 atom stereocenters. The molecule has 4 heterocycles. The van der Waals surface area contributed by atoms with Crippen LogP contribution in [-0.2, 0) is 6.42 Å². The van der Waals surface area contributed by atoms with E-state index in [1.54, 1.807) is 11.3 Å². The molecule has 0 amide bonds. The summed E-state index contributed by atoms with van der Waals surface area (Å²) in [5.41, 5.74) is 4.57. The Balaban J connectivity index is 1.69. The second kappa shape index (κ2) is 4.36. The average Bonchev–Trinajstić information content (AvgIpc) is 2.86. The lowest BCUT2D eigenvalue weighted by Gasteiger charge is -2.53. The van der Waals surface area contributed by atoms with Gasteiger partial charge in [-0.2, -0.15) is 0 Å². The Kier molecular flexibility index (Phi) is 2.55. The standard InChI is InChI=1S/C19H24N2/c1-2-13-9-12-10-16-18-15(7-8-21(11-12)19(13)16)14-5-3-4-6-17(14)20-18/h3-6,12-13,16,19-20H,2,7-11H2,1H3/t12?,13-,16?,19?/m1/s1. The van der Waals surface area contributed by atoms with E-state index >= 15 is 0 Å². The summed E-state index contributed by atoms with van der Waals surface area (Å²) in [6, 6.07) is 9.71. The van der Waals surface area contributed by atoms with Gasteiger partial charge in [0.1, 0.15) is 0 Å². The highest BCUT2D eigenvalue weighted by Crippen LogP contribution is 2.50. The monoisotopic (exact) mass is 280 g/mol. The number of nitrogens with one attached hydrogen (secondary N) is 1. The van der Waals surface area contributed by atoms with Gasteiger partial charge < -0.3 is 4.98 Å². The number of benzene rings is 1. The summed E-state index contributed by atoms with van der Waals surface area (Å²) in [5.74, 6) is 2.61. The van der Waals surface area contributed by atoms with E-state index in [-0.39, 0.29) is 0 Å². The predicted octanol–water partition coefficient (Wildman–Crippen LogP) is 3.93. The Morgan fingerprint density at radius 2 is 2.14 bits per heavy atom. The van der Waals surface area contributed by atoms with Crippen molar-refractivity contribution in [3.05, 3.63) is 35.5 Å². The predicted molar refractivity (Wildman–Crippen MR) is 86.6 cm³/mol. The molecule has 6 rings (SSSR count). The van der Waals surface area contributed by atoms with Gasteiger partial charge in [0, 0.05) is 41.6 Å². The summed E-state index contributed by atoms with van der Waals surface area (Å²) in [5, 5.41) is 1.48. The number of hydrogen-bond acceptors (Lipinski definition) is 1. The summed E-state index contributed by atoms with van der Waals surface area (Å²) in [6.07, 6.45) is 5.47. The molecule has 1 saturated carbocycles. The minimum atomic E-state index is 0.757. The van der Waals surface area contributed by atoms with Crippen LogP contribution >= 0.6 is 0 Å².